The molecule has 1 unspecified atom stereocenters. The van der Waals surface area contributed by atoms with Crippen LogP contribution in [0.3, 0.4) is 0 Å². The second kappa shape index (κ2) is 12.0. The number of hydrogen-bond acceptors (Lipinski definition) is 6. The summed E-state index contributed by atoms with van der Waals surface area (Å²) in [5.74, 6) is -2.45. The zero-order valence-corrected chi connectivity index (χ0v) is 22.8. The first-order valence-electron chi connectivity index (χ1n) is 12.3. The predicted molar refractivity (Wildman–Crippen MR) is 145 cm³/mol. The highest BCUT2D eigenvalue weighted by Gasteiger charge is 2.35. The van der Waals surface area contributed by atoms with Gasteiger partial charge < -0.3 is 15.8 Å². The topological polar surface area (TPSA) is 134 Å². The number of nitrogens with zero attached hydrogens (tertiary/aromatic N) is 4. The van der Waals surface area contributed by atoms with E-state index >= 15 is 0 Å². The maximum atomic E-state index is 14.2. The molecule has 15 heteroatoms. The molecule has 0 radical (unpaired) electrons. The maximum absolute atomic E-state index is 14.2. The molecule has 0 bridgehead atoms. The number of hydrogen-bond donors (Lipinski definition) is 2. The minimum Gasteiger partial charge on any atom is -0.495 e. The van der Waals surface area contributed by atoms with Gasteiger partial charge in [-0.15, -0.1) is 5.10 Å². The van der Waals surface area contributed by atoms with Crippen LogP contribution in [0, 0.1) is 5.82 Å². The molecule has 4 aromatic rings. The molecule has 0 saturated carbocycles. The van der Waals surface area contributed by atoms with Crippen LogP contribution in [0.15, 0.2) is 59.7 Å². The minimum atomic E-state index is -4.73. The van der Waals surface area contributed by atoms with Crippen molar-refractivity contribution in [3.63, 3.8) is 0 Å². The second-order valence-electron chi connectivity index (χ2n) is 9.06. The lowest BCUT2D eigenvalue weighted by molar-refractivity contribution is -0.141. The molecule has 3 N–H and O–H groups in total. The number of nitrogens with one attached hydrogen (secondary N) is 1. The summed E-state index contributed by atoms with van der Waals surface area (Å²) in [5.41, 5.74) is 3.45. The molecule has 220 valence electrons. The van der Waals surface area contributed by atoms with Crippen molar-refractivity contribution in [2.24, 2.45) is 5.73 Å². The van der Waals surface area contributed by atoms with Gasteiger partial charge in [-0.25, -0.2) is 9.07 Å². The van der Waals surface area contributed by atoms with Gasteiger partial charge in [-0.05, 0) is 42.8 Å². The first kappa shape index (κ1) is 30.2. The second-order valence-corrected chi connectivity index (χ2v) is 9.50. The molecule has 1 atom stereocenters. The molecular formula is C27H23ClF4N6O4. The third-order valence-corrected chi connectivity index (χ3v) is 6.48. The van der Waals surface area contributed by atoms with E-state index in [4.69, 9.17) is 22.1 Å². The number of methoxy groups -OCH3 is 1. The lowest BCUT2D eigenvalue weighted by Crippen LogP contribution is -2.33. The summed E-state index contributed by atoms with van der Waals surface area (Å²) in [6, 6.07) is 7.72. The molecule has 2 aromatic heterocycles. The number of primary amides is 1. The van der Waals surface area contributed by atoms with Gasteiger partial charge in [-0.2, -0.15) is 13.2 Å². The van der Waals surface area contributed by atoms with Crippen molar-refractivity contribution in [2.45, 2.75) is 32.0 Å². The number of carbonyl (C=O) groups is 2. The van der Waals surface area contributed by atoms with Crippen molar-refractivity contribution >= 4 is 29.1 Å². The van der Waals surface area contributed by atoms with Crippen molar-refractivity contribution in [2.75, 3.05) is 12.4 Å². The van der Waals surface area contributed by atoms with Gasteiger partial charge in [0.25, 0.3) is 11.5 Å². The van der Waals surface area contributed by atoms with Gasteiger partial charge in [-0.3, -0.25) is 19.0 Å². The summed E-state index contributed by atoms with van der Waals surface area (Å²) in [4.78, 5) is 38.0. The fraction of sp³-hybridized carbons (Fsp3) is 0.222. The zero-order chi connectivity index (χ0) is 30.8. The Morgan fingerprint density at radius 2 is 1.86 bits per heavy atom. The number of halogens is 5. The lowest BCUT2D eigenvalue weighted by Gasteiger charge is -2.21. The number of nitrogens with two attached hydrogens (primary N) is 1. The minimum absolute atomic E-state index is 0.0369. The Bertz CT molecular complexity index is 1720. The van der Waals surface area contributed by atoms with E-state index in [1.54, 1.807) is 6.92 Å². The van der Waals surface area contributed by atoms with E-state index in [1.807, 2.05) is 0 Å². The number of amides is 2. The standard InChI is InChI=1S/C27H23ClF4N6O4/c1-3-4-21(26(41)34-15-6-7-16(25(33)40)19(29)10-15)37-12-22(42-2)18(11-24(37)39)17-9-14(28)5-8-20(17)38-13-23(35-36-38)27(30,31)32/h5-13,21H,3-4H2,1-2H3,(H2,33,40)(H,34,41). The first-order valence-corrected chi connectivity index (χ1v) is 12.7. The van der Waals surface area contributed by atoms with Crippen LogP contribution in [-0.2, 0) is 11.0 Å². The number of benzene rings is 2. The Labute approximate surface area is 240 Å². The number of anilines is 1. The van der Waals surface area contributed by atoms with Crippen LogP contribution in [0.1, 0.15) is 41.9 Å². The van der Waals surface area contributed by atoms with Gasteiger partial charge in [-0.1, -0.05) is 30.2 Å². The summed E-state index contributed by atoms with van der Waals surface area (Å²) in [6.45, 7) is 1.80. The largest absolute Gasteiger partial charge is 0.495 e. The van der Waals surface area contributed by atoms with Crippen LogP contribution < -0.4 is 21.3 Å². The third-order valence-electron chi connectivity index (χ3n) is 6.25. The lowest BCUT2D eigenvalue weighted by atomic mass is 10.0. The number of aromatic nitrogens is 4. The van der Waals surface area contributed by atoms with Crippen molar-refractivity contribution in [3.8, 4) is 22.6 Å². The first-order chi connectivity index (χ1) is 19.8. The predicted octanol–water partition coefficient (Wildman–Crippen LogP) is 4.99. The number of alkyl halides is 3. The quantitative estimate of drug-likeness (QED) is 0.258. The molecule has 0 aliphatic carbocycles. The highest BCUT2D eigenvalue weighted by Crippen LogP contribution is 2.36. The molecule has 42 heavy (non-hydrogen) atoms. The summed E-state index contributed by atoms with van der Waals surface area (Å²) in [7, 11) is 1.31. The van der Waals surface area contributed by atoms with E-state index in [2.05, 4.69) is 15.6 Å². The molecule has 0 fully saturated rings. The van der Waals surface area contributed by atoms with Crippen LogP contribution in [-0.4, -0.2) is 38.5 Å². The third kappa shape index (κ3) is 6.28. The normalized spacial score (nSPS) is 12.2. The fourth-order valence-electron chi connectivity index (χ4n) is 4.27. The highest BCUT2D eigenvalue weighted by atomic mass is 35.5. The highest BCUT2D eigenvalue weighted by molar-refractivity contribution is 6.31. The van der Waals surface area contributed by atoms with E-state index in [0.717, 1.165) is 27.4 Å². The van der Waals surface area contributed by atoms with Crippen molar-refractivity contribution < 1.29 is 31.9 Å². The smallest absolute Gasteiger partial charge is 0.436 e. The molecular weight excluding hydrogens is 584 g/mol. The van der Waals surface area contributed by atoms with Crippen LogP contribution in [0.5, 0.6) is 5.75 Å². The zero-order valence-electron chi connectivity index (χ0n) is 22.1. The number of rotatable bonds is 9. The molecule has 2 amide bonds. The van der Waals surface area contributed by atoms with E-state index in [0.29, 0.717) is 12.6 Å². The Hall–Kier alpha value is -4.72. The molecule has 2 aromatic carbocycles. The SMILES string of the molecule is CCCC(C(=O)Nc1ccc(C(N)=O)c(F)c1)n1cc(OC)c(-c2cc(Cl)ccc2-n2cc(C(F)(F)F)nn2)cc1=O. The molecule has 0 saturated heterocycles. The average Bonchev–Trinajstić information content (AvgIpc) is 3.42. The van der Waals surface area contributed by atoms with Crippen molar-refractivity contribution in [1.82, 2.24) is 19.6 Å². The van der Waals surface area contributed by atoms with Crippen molar-refractivity contribution in [1.29, 1.82) is 0 Å². The van der Waals surface area contributed by atoms with Crippen LogP contribution >= 0.6 is 11.6 Å². The summed E-state index contributed by atoms with van der Waals surface area (Å²) < 4.78 is 61.3. The van der Waals surface area contributed by atoms with Crippen LogP contribution in [0.2, 0.25) is 5.02 Å². The number of ether oxygens (including phenoxy) is 1. The van der Waals surface area contributed by atoms with Crippen LogP contribution in [0.4, 0.5) is 23.2 Å². The monoisotopic (exact) mass is 606 g/mol. The van der Waals surface area contributed by atoms with Gasteiger partial charge in [0.15, 0.2) is 5.69 Å². The summed E-state index contributed by atoms with van der Waals surface area (Å²) in [6.07, 6.45) is -2.05. The fourth-order valence-corrected chi connectivity index (χ4v) is 4.44. The van der Waals surface area contributed by atoms with E-state index in [1.165, 1.54) is 37.6 Å². The van der Waals surface area contributed by atoms with Gasteiger partial charge in [0.2, 0.25) is 5.91 Å². The van der Waals surface area contributed by atoms with Crippen LogP contribution in [0.25, 0.3) is 16.8 Å². The Morgan fingerprint density at radius 3 is 2.45 bits per heavy atom. The van der Waals surface area contributed by atoms with Gasteiger partial charge in [0.1, 0.15) is 17.6 Å². The molecule has 4 rings (SSSR count). The number of pyridine rings is 1. The summed E-state index contributed by atoms with van der Waals surface area (Å²) in [5, 5.41) is 9.51. The average molecular weight is 607 g/mol. The van der Waals surface area contributed by atoms with Gasteiger partial charge >= 0.3 is 6.18 Å². The Kier molecular flexibility index (Phi) is 8.66. The maximum Gasteiger partial charge on any atom is 0.436 e. The Balaban J connectivity index is 1.76. The van der Waals surface area contributed by atoms with E-state index in [9.17, 15) is 31.9 Å². The molecule has 0 spiro atoms. The molecule has 0 aliphatic rings. The molecule has 10 nitrogen and oxygen atoms in total. The Morgan fingerprint density at radius 1 is 1.12 bits per heavy atom. The molecule has 0 aliphatic heterocycles. The molecule has 2 heterocycles. The van der Waals surface area contributed by atoms with E-state index < -0.39 is 41.1 Å². The van der Waals surface area contributed by atoms with Crippen molar-refractivity contribution in [3.05, 3.63) is 87.3 Å². The number of carbonyl (C=O) groups excluding carboxylic acids is 2. The van der Waals surface area contributed by atoms with Gasteiger partial charge in [0.05, 0.1) is 30.8 Å². The van der Waals surface area contributed by atoms with E-state index in [-0.39, 0.29) is 45.3 Å². The van der Waals surface area contributed by atoms with Gasteiger partial charge in [0, 0.05) is 27.9 Å². The summed E-state index contributed by atoms with van der Waals surface area (Å²) >= 11 is 6.19.